The summed E-state index contributed by atoms with van der Waals surface area (Å²) in [5.41, 5.74) is 1.76. The van der Waals surface area contributed by atoms with Gasteiger partial charge in [0.15, 0.2) is 0 Å². The number of likely N-dealkylation sites (tertiary alicyclic amines) is 1. The van der Waals surface area contributed by atoms with E-state index >= 15 is 4.39 Å². The van der Waals surface area contributed by atoms with Crippen molar-refractivity contribution in [2.75, 3.05) is 26.2 Å². The van der Waals surface area contributed by atoms with E-state index in [1.54, 1.807) is 0 Å². The third kappa shape index (κ3) is 5.18. The fraction of sp³-hybridized carbons (Fsp3) is 0.500. The molecule has 0 radical (unpaired) electrons. The normalized spacial score (nSPS) is 24.6. The Morgan fingerprint density at radius 3 is 2.33 bits per heavy atom. The molecule has 0 spiro atoms. The maximum atomic E-state index is 15.2. The second-order valence-corrected chi connectivity index (χ2v) is 8.32. The number of benzene rings is 2. The maximum Gasteiger partial charge on any atom is 0.125 e. The van der Waals surface area contributed by atoms with Gasteiger partial charge in [-0.2, -0.15) is 0 Å². The van der Waals surface area contributed by atoms with Gasteiger partial charge in [0, 0.05) is 31.6 Å². The van der Waals surface area contributed by atoms with Crippen molar-refractivity contribution in [1.82, 2.24) is 10.2 Å². The maximum absolute atomic E-state index is 15.2. The van der Waals surface area contributed by atoms with Crippen molar-refractivity contribution in [1.29, 1.82) is 0 Å². The Kier molecular flexibility index (Phi) is 5.89. The molecule has 1 aliphatic heterocycles. The summed E-state index contributed by atoms with van der Waals surface area (Å²) in [5.74, 6) is 0.577. The fourth-order valence-electron chi connectivity index (χ4n) is 4.31. The molecule has 1 saturated heterocycles. The highest BCUT2D eigenvalue weighted by atomic mass is 19.1. The number of halogens is 1. The smallest absolute Gasteiger partial charge is 0.125 e. The zero-order valence-electron chi connectivity index (χ0n) is 16.1. The van der Waals surface area contributed by atoms with Crippen LogP contribution >= 0.6 is 0 Å². The quantitative estimate of drug-likeness (QED) is 0.736. The number of hydrogen-bond acceptors (Lipinski definition) is 2. The minimum Gasteiger partial charge on any atom is -0.310 e. The molecule has 2 nitrogen and oxygen atoms in total. The van der Waals surface area contributed by atoms with Crippen molar-refractivity contribution in [3.63, 3.8) is 0 Å². The van der Waals surface area contributed by atoms with Crippen LogP contribution in [-0.2, 0) is 6.42 Å². The van der Waals surface area contributed by atoms with Gasteiger partial charge in [-0.05, 0) is 49.8 Å². The first kappa shape index (κ1) is 18.6. The van der Waals surface area contributed by atoms with Crippen LogP contribution in [0.3, 0.4) is 0 Å². The first-order chi connectivity index (χ1) is 13.2. The first-order valence-electron chi connectivity index (χ1n) is 10.5. The van der Waals surface area contributed by atoms with Gasteiger partial charge in [0.25, 0.3) is 0 Å². The van der Waals surface area contributed by atoms with Crippen molar-refractivity contribution >= 4 is 0 Å². The number of aryl methyl sites for hydroxylation is 1. The van der Waals surface area contributed by atoms with Gasteiger partial charge in [0.2, 0.25) is 0 Å². The van der Waals surface area contributed by atoms with Gasteiger partial charge in [0.1, 0.15) is 5.67 Å². The lowest BCUT2D eigenvalue weighted by molar-refractivity contribution is 0.0572. The van der Waals surface area contributed by atoms with Crippen molar-refractivity contribution in [3.05, 3.63) is 71.8 Å². The van der Waals surface area contributed by atoms with E-state index in [0.717, 1.165) is 38.9 Å². The molecule has 2 atom stereocenters. The number of nitrogens with one attached hydrogen (secondary N) is 1. The number of nitrogens with zero attached hydrogens (tertiary/aromatic N) is 1. The van der Waals surface area contributed by atoms with Crippen LogP contribution in [0.25, 0.3) is 0 Å². The lowest BCUT2D eigenvalue weighted by atomic mass is 9.93. The largest absolute Gasteiger partial charge is 0.310 e. The molecule has 0 unspecified atom stereocenters. The third-order valence-corrected chi connectivity index (χ3v) is 6.23. The van der Waals surface area contributed by atoms with Crippen LogP contribution in [0.2, 0.25) is 0 Å². The van der Waals surface area contributed by atoms with Crippen LogP contribution in [0, 0.1) is 0 Å². The van der Waals surface area contributed by atoms with E-state index in [1.807, 2.05) is 0 Å². The molecule has 144 valence electrons. The Morgan fingerprint density at radius 2 is 1.63 bits per heavy atom. The van der Waals surface area contributed by atoms with Gasteiger partial charge in [-0.1, -0.05) is 60.7 Å². The first-order valence-corrected chi connectivity index (χ1v) is 10.5. The summed E-state index contributed by atoms with van der Waals surface area (Å²) in [7, 11) is 0. The van der Waals surface area contributed by atoms with Gasteiger partial charge >= 0.3 is 0 Å². The Bertz CT molecular complexity index is 695. The van der Waals surface area contributed by atoms with Gasteiger partial charge in [-0.25, -0.2) is 4.39 Å². The Labute approximate surface area is 162 Å². The topological polar surface area (TPSA) is 15.3 Å². The summed E-state index contributed by atoms with van der Waals surface area (Å²) >= 11 is 0. The highest BCUT2D eigenvalue weighted by Gasteiger charge is 2.41. The summed E-state index contributed by atoms with van der Waals surface area (Å²) in [6.07, 6.45) is 4.73. The van der Waals surface area contributed by atoms with E-state index in [-0.39, 0.29) is 0 Å². The molecule has 1 N–H and O–H groups in total. The molecule has 0 amide bonds. The van der Waals surface area contributed by atoms with E-state index < -0.39 is 5.67 Å². The lowest BCUT2D eigenvalue weighted by Gasteiger charge is -2.36. The fourth-order valence-corrected chi connectivity index (χ4v) is 4.31. The molecule has 2 aromatic carbocycles. The number of alkyl halides is 1. The minimum atomic E-state index is -1.03. The second-order valence-electron chi connectivity index (χ2n) is 8.32. The van der Waals surface area contributed by atoms with Crippen LogP contribution in [0.15, 0.2) is 60.7 Å². The predicted molar refractivity (Wildman–Crippen MR) is 110 cm³/mol. The molecule has 1 aliphatic carbocycles. The molecule has 3 heteroatoms. The Morgan fingerprint density at radius 1 is 0.963 bits per heavy atom. The summed E-state index contributed by atoms with van der Waals surface area (Å²) in [6, 6.07) is 21.7. The molecule has 27 heavy (non-hydrogen) atoms. The lowest BCUT2D eigenvalue weighted by Crippen LogP contribution is -2.47. The summed E-state index contributed by atoms with van der Waals surface area (Å²) in [6.45, 7) is 3.37. The van der Waals surface area contributed by atoms with Crippen molar-refractivity contribution in [2.45, 2.75) is 49.7 Å². The van der Waals surface area contributed by atoms with Crippen LogP contribution in [-0.4, -0.2) is 42.8 Å². The van der Waals surface area contributed by atoms with Crippen LogP contribution in [0.4, 0.5) is 4.39 Å². The summed E-state index contributed by atoms with van der Waals surface area (Å²) in [5, 5.41) is 3.50. The Balaban J connectivity index is 1.14. The highest BCUT2D eigenvalue weighted by molar-refractivity contribution is 5.27. The van der Waals surface area contributed by atoms with Crippen molar-refractivity contribution in [3.8, 4) is 0 Å². The molecular formula is C24H31FN2. The Hall–Kier alpha value is -1.71. The molecule has 2 fully saturated rings. The number of piperidine rings is 1. The molecule has 2 aromatic rings. The zero-order chi connectivity index (χ0) is 18.5. The average Bonchev–Trinajstić information content (AvgIpc) is 3.50. The van der Waals surface area contributed by atoms with Gasteiger partial charge < -0.3 is 10.2 Å². The highest BCUT2D eigenvalue weighted by Crippen LogP contribution is 2.41. The molecule has 2 aliphatic rings. The predicted octanol–water partition coefficient (Wildman–Crippen LogP) is 4.57. The molecule has 1 heterocycles. The van der Waals surface area contributed by atoms with Crippen molar-refractivity contribution in [2.24, 2.45) is 0 Å². The van der Waals surface area contributed by atoms with Crippen LogP contribution in [0.1, 0.15) is 42.7 Å². The molecular weight excluding hydrogens is 335 g/mol. The van der Waals surface area contributed by atoms with E-state index in [9.17, 15) is 0 Å². The summed E-state index contributed by atoms with van der Waals surface area (Å²) in [4.78, 5) is 2.44. The molecule has 0 aromatic heterocycles. The standard InChI is InChI=1S/C24H31FN2/c25-24(19-26-23-18-22(23)21-11-5-2-6-12-21)13-16-27(17-14-24)15-7-10-20-8-3-1-4-9-20/h1-6,8-9,11-12,22-23,26H,7,10,13-19H2/t22-,23+/m0/s1. The number of rotatable bonds is 8. The average molecular weight is 367 g/mol. The van der Waals surface area contributed by atoms with E-state index in [0.29, 0.717) is 31.3 Å². The minimum absolute atomic E-state index is 0.462. The van der Waals surface area contributed by atoms with Crippen LogP contribution in [0.5, 0.6) is 0 Å². The monoisotopic (exact) mass is 366 g/mol. The van der Waals surface area contributed by atoms with Gasteiger partial charge in [0.05, 0.1) is 0 Å². The third-order valence-electron chi connectivity index (χ3n) is 6.23. The molecule has 4 rings (SSSR count). The second kappa shape index (κ2) is 8.53. The van der Waals surface area contributed by atoms with E-state index in [2.05, 4.69) is 70.9 Å². The van der Waals surface area contributed by atoms with Gasteiger partial charge in [-0.3, -0.25) is 0 Å². The SMILES string of the molecule is FC1(CN[C@@H]2C[C@H]2c2ccccc2)CCN(CCCc2ccccc2)CC1. The van der Waals surface area contributed by atoms with E-state index in [4.69, 9.17) is 0 Å². The zero-order valence-corrected chi connectivity index (χ0v) is 16.1. The van der Waals surface area contributed by atoms with Gasteiger partial charge in [-0.15, -0.1) is 0 Å². The number of hydrogen-bond donors (Lipinski definition) is 1. The summed E-state index contributed by atoms with van der Waals surface area (Å²) < 4.78 is 15.2. The van der Waals surface area contributed by atoms with E-state index in [1.165, 1.54) is 11.1 Å². The van der Waals surface area contributed by atoms with Crippen LogP contribution < -0.4 is 5.32 Å². The molecule has 1 saturated carbocycles. The van der Waals surface area contributed by atoms with Crippen molar-refractivity contribution < 1.29 is 4.39 Å². The molecule has 0 bridgehead atoms.